The number of halogens is 1. The van der Waals surface area contributed by atoms with Crippen molar-refractivity contribution in [1.29, 1.82) is 0 Å². The molecular weight excluding hydrogens is 384 g/mol. The quantitative estimate of drug-likeness (QED) is 0.724. The Bertz CT molecular complexity index is 802. The molecule has 2 saturated heterocycles. The van der Waals surface area contributed by atoms with Gasteiger partial charge in [0.05, 0.1) is 12.1 Å². The molecule has 8 nitrogen and oxygen atoms in total. The number of urea groups is 1. The smallest absolute Gasteiger partial charge is 0.322 e. The lowest BCUT2D eigenvalue weighted by Gasteiger charge is -2.41. The summed E-state index contributed by atoms with van der Waals surface area (Å²) in [5.74, 6) is 0.213. The van der Waals surface area contributed by atoms with Crippen molar-refractivity contribution in [3.63, 3.8) is 0 Å². The van der Waals surface area contributed by atoms with Crippen LogP contribution in [0.4, 0.5) is 10.5 Å². The third kappa shape index (κ3) is 4.01. The first kappa shape index (κ1) is 20.3. The van der Waals surface area contributed by atoms with Crippen molar-refractivity contribution in [2.75, 3.05) is 31.6 Å². The molecule has 28 heavy (non-hydrogen) atoms. The summed E-state index contributed by atoms with van der Waals surface area (Å²) in [4.78, 5) is 39.9. The maximum Gasteiger partial charge on any atom is 0.322 e. The summed E-state index contributed by atoms with van der Waals surface area (Å²) in [6.45, 7) is 5.55. The lowest BCUT2D eigenvalue weighted by atomic mass is 9.95. The molecule has 0 unspecified atom stereocenters. The number of hydrogen-bond acceptors (Lipinski definition) is 5. The minimum Gasteiger partial charge on any atom is -0.495 e. The van der Waals surface area contributed by atoms with Gasteiger partial charge in [-0.05, 0) is 32.4 Å². The monoisotopic (exact) mass is 408 g/mol. The average Bonchev–Trinajstić information content (AvgIpc) is 2.92. The summed E-state index contributed by atoms with van der Waals surface area (Å²) < 4.78 is 5.29. The molecule has 2 aliphatic heterocycles. The van der Waals surface area contributed by atoms with Crippen LogP contribution >= 0.6 is 11.6 Å². The third-order valence-corrected chi connectivity index (χ3v) is 5.72. The molecule has 2 heterocycles. The number of carbonyl (C=O) groups excluding carboxylic acids is 3. The van der Waals surface area contributed by atoms with Crippen LogP contribution in [0.5, 0.6) is 5.75 Å². The van der Waals surface area contributed by atoms with Gasteiger partial charge in [-0.25, -0.2) is 4.79 Å². The van der Waals surface area contributed by atoms with Gasteiger partial charge in [0.2, 0.25) is 5.91 Å². The summed E-state index contributed by atoms with van der Waals surface area (Å²) in [7, 11) is 1.58. The zero-order valence-corrected chi connectivity index (χ0v) is 17.0. The van der Waals surface area contributed by atoms with Crippen molar-refractivity contribution in [3.8, 4) is 5.75 Å². The zero-order chi connectivity index (χ0) is 20.5. The maximum absolute atomic E-state index is 12.6. The minimum atomic E-state index is -1.03. The van der Waals surface area contributed by atoms with Crippen molar-refractivity contribution < 1.29 is 19.1 Å². The van der Waals surface area contributed by atoms with Crippen molar-refractivity contribution in [1.82, 2.24) is 15.5 Å². The number of benzene rings is 1. The Morgan fingerprint density at radius 2 is 2.11 bits per heavy atom. The summed E-state index contributed by atoms with van der Waals surface area (Å²) in [5.41, 5.74) is -0.0289. The molecule has 0 radical (unpaired) electrons. The number of nitrogens with zero attached hydrogens (tertiary/aromatic N) is 2. The Labute approximate surface area is 169 Å². The summed E-state index contributed by atoms with van der Waals surface area (Å²) in [6.07, 6.45) is 0.470. The Balaban J connectivity index is 1.58. The van der Waals surface area contributed by atoms with Crippen LogP contribution in [0.1, 0.15) is 26.7 Å². The molecule has 3 rings (SSSR count). The fraction of sp³-hybridized carbons (Fsp3) is 0.526. The van der Waals surface area contributed by atoms with Crippen LogP contribution in [0.3, 0.4) is 0 Å². The van der Waals surface area contributed by atoms with Gasteiger partial charge in [-0.15, -0.1) is 0 Å². The lowest BCUT2D eigenvalue weighted by molar-refractivity contribution is -0.132. The largest absolute Gasteiger partial charge is 0.495 e. The Morgan fingerprint density at radius 3 is 2.71 bits per heavy atom. The molecule has 1 aromatic rings. The zero-order valence-electron chi connectivity index (χ0n) is 16.3. The van der Waals surface area contributed by atoms with Crippen molar-refractivity contribution in [3.05, 3.63) is 23.2 Å². The highest BCUT2D eigenvalue weighted by molar-refractivity contribution is 6.32. The molecule has 0 spiro atoms. The number of nitrogens with one attached hydrogen (secondary N) is 2. The molecule has 0 aromatic heterocycles. The van der Waals surface area contributed by atoms with Crippen molar-refractivity contribution >= 4 is 35.1 Å². The van der Waals surface area contributed by atoms with E-state index in [-0.39, 0.29) is 30.7 Å². The van der Waals surface area contributed by atoms with Gasteiger partial charge in [0.1, 0.15) is 11.3 Å². The van der Waals surface area contributed by atoms with Gasteiger partial charge in [0.15, 0.2) is 0 Å². The molecule has 0 bridgehead atoms. The fourth-order valence-corrected chi connectivity index (χ4v) is 3.86. The highest BCUT2D eigenvalue weighted by Gasteiger charge is 2.42. The second-order valence-electron chi connectivity index (χ2n) is 7.44. The fourth-order valence-electron chi connectivity index (χ4n) is 3.67. The summed E-state index contributed by atoms with van der Waals surface area (Å²) >= 11 is 6.10. The number of methoxy groups -OCH3 is 1. The maximum atomic E-state index is 12.6. The highest BCUT2D eigenvalue weighted by Crippen LogP contribution is 2.31. The van der Waals surface area contributed by atoms with Gasteiger partial charge in [0, 0.05) is 43.9 Å². The van der Waals surface area contributed by atoms with Crippen LogP contribution < -0.4 is 20.3 Å². The minimum absolute atomic E-state index is 0.0182. The van der Waals surface area contributed by atoms with E-state index >= 15 is 0 Å². The van der Waals surface area contributed by atoms with E-state index in [9.17, 15) is 14.4 Å². The topological polar surface area (TPSA) is 91.0 Å². The molecule has 1 aromatic carbocycles. The molecule has 0 aliphatic carbocycles. The van der Waals surface area contributed by atoms with Crippen LogP contribution in [0.2, 0.25) is 5.02 Å². The lowest BCUT2D eigenvalue weighted by Crippen LogP contribution is -2.54. The molecule has 2 N–H and O–H groups in total. The second kappa shape index (κ2) is 7.87. The van der Waals surface area contributed by atoms with E-state index in [1.165, 1.54) is 0 Å². The number of amides is 4. The molecule has 2 fully saturated rings. The normalized spacial score (nSPS) is 24.8. The van der Waals surface area contributed by atoms with Gasteiger partial charge < -0.3 is 19.9 Å². The summed E-state index contributed by atoms with van der Waals surface area (Å²) in [6, 6.07) is 5.26. The average molecular weight is 409 g/mol. The Morgan fingerprint density at radius 1 is 1.36 bits per heavy atom. The predicted molar refractivity (Wildman–Crippen MR) is 106 cm³/mol. The number of anilines is 1. The summed E-state index contributed by atoms with van der Waals surface area (Å²) in [5, 5.41) is 5.36. The first-order valence-corrected chi connectivity index (χ1v) is 9.63. The Hall–Kier alpha value is -2.48. The van der Waals surface area contributed by atoms with E-state index in [0.29, 0.717) is 30.4 Å². The highest BCUT2D eigenvalue weighted by atomic mass is 35.5. The first-order chi connectivity index (χ1) is 13.2. The van der Waals surface area contributed by atoms with Crippen LogP contribution in [-0.4, -0.2) is 61.1 Å². The van der Waals surface area contributed by atoms with Crippen LogP contribution in [0.25, 0.3) is 0 Å². The van der Waals surface area contributed by atoms with Crippen molar-refractivity contribution in [2.24, 2.45) is 0 Å². The molecule has 9 heteroatoms. The van der Waals surface area contributed by atoms with Gasteiger partial charge in [-0.1, -0.05) is 11.6 Å². The van der Waals surface area contributed by atoms with Gasteiger partial charge in [-0.2, -0.15) is 0 Å². The van der Waals surface area contributed by atoms with E-state index in [2.05, 4.69) is 22.5 Å². The molecule has 2 aliphatic rings. The molecular formula is C19H25ClN4O4. The third-order valence-electron chi connectivity index (χ3n) is 5.40. The van der Waals surface area contributed by atoms with Crippen molar-refractivity contribution in [2.45, 2.75) is 38.3 Å². The van der Waals surface area contributed by atoms with E-state index in [1.807, 2.05) is 23.1 Å². The van der Waals surface area contributed by atoms with Crippen LogP contribution in [0.15, 0.2) is 18.2 Å². The molecule has 152 valence electrons. The van der Waals surface area contributed by atoms with Gasteiger partial charge >= 0.3 is 6.03 Å². The number of ether oxygens (including phenoxy) is 1. The van der Waals surface area contributed by atoms with E-state index in [1.54, 1.807) is 14.0 Å². The van der Waals surface area contributed by atoms with E-state index in [0.717, 1.165) is 5.69 Å². The standard InChI is InChI=1S/C19H25ClN4O4/c1-12-11-23(16(25)6-7-19(2)17(26)21-18(27)22-19)8-9-24(12)13-4-5-14(20)15(10-13)28-3/h4-5,10,12H,6-9,11H2,1-3H3,(H2,21,22,26,27)/t12-,19+/m0/s1. The van der Waals surface area contributed by atoms with Crippen LogP contribution in [0, 0.1) is 0 Å². The van der Waals surface area contributed by atoms with Gasteiger partial charge in [0.25, 0.3) is 5.91 Å². The molecule has 0 saturated carbocycles. The number of hydrogen-bond donors (Lipinski definition) is 2. The first-order valence-electron chi connectivity index (χ1n) is 9.25. The number of piperazine rings is 1. The predicted octanol–water partition coefficient (Wildman–Crippen LogP) is 1.76. The number of imide groups is 1. The number of rotatable bonds is 5. The second-order valence-corrected chi connectivity index (χ2v) is 7.85. The van der Waals surface area contributed by atoms with E-state index in [4.69, 9.17) is 16.3 Å². The number of carbonyl (C=O) groups is 3. The molecule has 4 amide bonds. The SMILES string of the molecule is COc1cc(N2CCN(C(=O)CC[C@@]3(C)NC(=O)NC3=O)C[C@@H]2C)ccc1Cl. The van der Waals surface area contributed by atoms with Crippen LogP contribution in [-0.2, 0) is 9.59 Å². The Kier molecular flexibility index (Phi) is 5.69. The van der Waals surface area contributed by atoms with Gasteiger partial charge in [-0.3, -0.25) is 14.9 Å². The molecule has 2 atom stereocenters. The van der Waals surface area contributed by atoms with E-state index < -0.39 is 11.6 Å².